The van der Waals surface area contributed by atoms with Gasteiger partial charge in [-0.25, -0.2) is 0 Å². The molecule has 0 heterocycles. The second-order valence-corrected chi connectivity index (χ2v) is 4.67. The molecule has 0 aliphatic heterocycles. The third-order valence-electron chi connectivity index (χ3n) is 2.44. The van der Waals surface area contributed by atoms with Crippen LogP contribution >= 0.6 is 0 Å². The number of aliphatic hydroxyl groups is 1. The molecule has 0 fully saturated rings. The number of hydrogen-bond acceptors (Lipinski definition) is 2. The molecule has 0 aromatic heterocycles. The zero-order valence-corrected chi connectivity index (χ0v) is 10.6. The van der Waals surface area contributed by atoms with Crippen molar-refractivity contribution in [3.63, 3.8) is 0 Å². The van der Waals surface area contributed by atoms with Crippen LogP contribution in [0.5, 0.6) is 0 Å². The quantitative estimate of drug-likeness (QED) is 0.796. The maximum absolute atomic E-state index is 11.4. The van der Waals surface area contributed by atoms with Crippen LogP contribution in [0.1, 0.15) is 32.3 Å². The predicted octanol–water partition coefficient (Wildman–Crippen LogP) is 2.60. The van der Waals surface area contributed by atoms with Gasteiger partial charge in [0.2, 0.25) is 5.91 Å². The molecule has 1 aromatic carbocycles. The van der Waals surface area contributed by atoms with Gasteiger partial charge in [0.25, 0.3) is 0 Å². The average molecular weight is 235 g/mol. The van der Waals surface area contributed by atoms with Crippen molar-refractivity contribution in [3.8, 4) is 0 Å². The molecule has 1 amide bonds. The molecule has 0 radical (unpaired) electrons. The fourth-order valence-corrected chi connectivity index (χ4v) is 1.66. The highest BCUT2D eigenvalue weighted by molar-refractivity contribution is 5.90. The maximum Gasteiger partial charge on any atom is 0.224 e. The third kappa shape index (κ3) is 5.50. The summed E-state index contributed by atoms with van der Waals surface area (Å²) in [6.45, 7) is 4.43. The molecule has 3 nitrogen and oxygen atoms in total. The number of rotatable bonds is 6. The van der Waals surface area contributed by atoms with Gasteiger partial charge in [-0.05, 0) is 36.5 Å². The lowest BCUT2D eigenvalue weighted by molar-refractivity contribution is -0.116. The topological polar surface area (TPSA) is 49.3 Å². The van der Waals surface area contributed by atoms with E-state index >= 15 is 0 Å². The van der Waals surface area contributed by atoms with E-state index in [1.807, 2.05) is 24.3 Å². The Hall–Kier alpha value is -1.35. The molecule has 2 N–H and O–H groups in total. The summed E-state index contributed by atoms with van der Waals surface area (Å²) >= 11 is 0. The van der Waals surface area contributed by atoms with Crippen molar-refractivity contribution in [3.05, 3.63) is 29.8 Å². The van der Waals surface area contributed by atoms with E-state index in [-0.39, 0.29) is 12.5 Å². The Morgan fingerprint density at radius 3 is 2.47 bits per heavy atom. The second kappa shape index (κ2) is 7.07. The molecule has 3 heteroatoms. The summed E-state index contributed by atoms with van der Waals surface area (Å²) in [4.78, 5) is 11.4. The monoisotopic (exact) mass is 235 g/mol. The van der Waals surface area contributed by atoms with E-state index in [1.54, 1.807) is 0 Å². The van der Waals surface area contributed by atoms with Gasteiger partial charge in [-0.15, -0.1) is 0 Å². The standard InChI is InChI=1S/C14H21NO2/c1-11(2)10-12-5-7-13(8-6-12)15-14(17)4-3-9-16/h5-8,11,16H,3-4,9-10H2,1-2H3,(H,15,17). The Morgan fingerprint density at radius 1 is 1.29 bits per heavy atom. The van der Waals surface area contributed by atoms with Gasteiger partial charge in [-0.2, -0.15) is 0 Å². The van der Waals surface area contributed by atoms with Crippen LogP contribution in [-0.2, 0) is 11.2 Å². The van der Waals surface area contributed by atoms with E-state index in [2.05, 4.69) is 19.2 Å². The van der Waals surface area contributed by atoms with Gasteiger partial charge in [-0.3, -0.25) is 4.79 Å². The van der Waals surface area contributed by atoms with E-state index in [1.165, 1.54) is 5.56 Å². The summed E-state index contributed by atoms with van der Waals surface area (Å²) in [5, 5.41) is 11.4. The highest BCUT2D eigenvalue weighted by atomic mass is 16.3. The van der Waals surface area contributed by atoms with Crippen LogP contribution in [-0.4, -0.2) is 17.6 Å². The van der Waals surface area contributed by atoms with Crippen molar-refractivity contribution in [2.24, 2.45) is 5.92 Å². The van der Waals surface area contributed by atoms with Crippen LogP contribution < -0.4 is 5.32 Å². The lowest BCUT2D eigenvalue weighted by Gasteiger charge is -2.07. The number of benzene rings is 1. The summed E-state index contributed by atoms with van der Waals surface area (Å²) in [7, 11) is 0. The number of carbonyl (C=O) groups excluding carboxylic acids is 1. The molecule has 1 aromatic rings. The van der Waals surface area contributed by atoms with Gasteiger partial charge < -0.3 is 10.4 Å². The Kier molecular flexibility index (Phi) is 5.70. The highest BCUT2D eigenvalue weighted by Gasteiger charge is 2.02. The molecule has 0 saturated heterocycles. The minimum Gasteiger partial charge on any atom is -0.396 e. The van der Waals surface area contributed by atoms with Crippen LogP contribution in [0, 0.1) is 5.92 Å². The molecule has 0 bridgehead atoms. The lowest BCUT2D eigenvalue weighted by atomic mass is 10.0. The summed E-state index contributed by atoms with van der Waals surface area (Å²) in [6.07, 6.45) is 1.93. The number of hydrogen-bond donors (Lipinski definition) is 2. The molecule has 17 heavy (non-hydrogen) atoms. The fraction of sp³-hybridized carbons (Fsp3) is 0.500. The first kappa shape index (κ1) is 13.7. The van der Waals surface area contributed by atoms with Gasteiger partial charge in [-0.1, -0.05) is 26.0 Å². The van der Waals surface area contributed by atoms with Gasteiger partial charge in [0.15, 0.2) is 0 Å². The second-order valence-electron chi connectivity index (χ2n) is 4.67. The van der Waals surface area contributed by atoms with Crippen molar-refractivity contribution >= 4 is 11.6 Å². The van der Waals surface area contributed by atoms with Crippen LogP contribution in [0.25, 0.3) is 0 Å². The predicted molar refractivity (Wildman–Crippen MR) is 69.9 cm³/mol. The minimum absolute atomic E-state index is 0.0457. The van der Waals surface area contributed by atoms with Crippen LogP contribution in [0.4, 0.5) is 5.69 Å². The van der Waals surface area contributed by atoms with Crippen molar-refractivity contribution in [1.82, 2.24) is 0 Å². The summed E-state index contributed by atoms with van der Waals surface area (Å²) in [6, 6.07) is 7.94. The van der Waals surface area contributed by atoms with Gasteiger partial charge >= 0.3 is 0 Å². The van der Waals surface area contributed by atoms with Crippen LogP contribution in [0.15, 0.2) is 24.3 Å². The van der Waals surface area contributed by atoms with Gasteiger partial charge in [0, 0.05) is 18.7 Å². The van der Waals surface area contributed by atoms with E-state index in [9.17, 15) is 4.79 Å². The maximum atomic E-state index is 11.4. The van der Waals surface area contributed by atoms with Gasteiger partial charge in [0.05, 0.1) is 0 Å². The minimum atomic E-state index is -0.0457. The first-order chi connectivity index (χ1) is 8.11. The third-order valence-corrected chi connectivity index (χ3v) is 2.44. The summed E-state index contributed by atoms with van der Waals surface area (Å²) < 4.78 is 0. The Labute approximate surface area is 103 Å². The zero-order valence-electron chi connectivity index (χ0n) is 10.6. The normalized spacial score (nSPS) is 10.6. The van der Waals surface area contributed by atoms with E-state index in [0.29, 0.717) is 18.8 Å². The number of anilines is 1. The van der Waals surface area contributed by atoms with Crippen LogP contribution in [0.2, 0.25) is 0 Å². The van der Waals surface area contributed by atoms with Crippen molar-refractivity contribution in [2.75, 3.05) is 11.9 Å². The first-order valence-electron chi connectivity index (χ1n) is 6.11. The molecule has 0 saturated carbocycles. The molecule has 0 aliphatic carbocycles. The number of nitrogens with one attached hydrogen (secondary N) is 1. The summed E-state index contributed by atoms with van der Waals surface area (Å²) in [5.74, 6) is 0.593. The molecular formula is C14H21NO2. The van der Waals surface area contributed by atoms with Gasteiger partial charge in [0.1, 0.15) is 0 Å². The molecule has 1 rings (SSSR count). The number of carbonyl (C=O) groups is 1. The molecule has 94 valence electrons. The van der Waals surface area contributed by atoms with E-state index < -0.39 is 0 Å². The molecule has 0 unspecified atom stereocenters. The Balaban J connectivity index is 2.47. The Morgan fingerprint density at radius 2 is 1.94 bits per heavy atom. The fourth-order valence-electron chi connectivity index (χ4n) is 1.66. The SMILES string of the molecule is CC(C)Cc1ccc(NC(=O)CCCO)cc1. The van der Waals surface area contributed by atoms with E-state index in [4.69, 9.17) is 5.11 Å². The van der Waals surface area contributed by atoms with Crippen molar-refractivity contribution in [2.45, 2.75) is 33.1 Å². The molecular weight excluding hydrogens is 214 g/mol. The highest BCUT2D eigenvalue weighted by Crippen LogP contribution is 2.13. The molecule has 0 atom stereocenters. The number of amides is 1. The zero-order chi connectivity index (χ0) is 12.7. The van der Waals surface area contributed by atoms with E-state index in [0.717, 1.165) is 12.1 Å². The number of aliphatic hydroxyl groups excluding tert-OH is 1. The molecule has 0 aliphatic rings. The average Bonchev–Trinajstić information content (AvgIpc) is 2.28. The largest absolute Gasteiger partial charge is 0.396 e. The lowest BCUT2D eigenvalue weighted by Crippen LogP contribution is -2.11. The first-order valence-corrected chi connectivity index (χ1v) is 6.11. The molecule has 0 spiro atoms. The van der Waals surface area contributed by atoms with Crippen LogP contribution in [0.3, 0.4) is 0 Å². The van der Waals surface area contributed by atoms with Crippen molar-refractivity contribution < 1.29 is 9.90 Å². The smallest absolute Gasteiger partial charge is 0.224 e. The van der Waals surface area contributed by atoms with Crippen molar-refractivity contribution in [1.29, 1.82) is 0 Å². The summed E-state index contributed by atoms with van der Waals surface area (Å²) in [5.41, 5.74) is 2.11. The Bertz CT molecular complexity index is 344.